The molecule has 2 aromatic carbocycles. The topological polar surface area (TPSA) is 66.9 Å². The van der Waals surface area contributed by atoms with Crippen molar-refractivity contribution in [3.05, 3.63) is 48.0 Å². The summed E-state index contributed by atoms with van der Waals surface area (Å²) in [6.45, 7) is 7.17. The summed E-state index contributed by atoms with van der Waals surface area (Å²) < 4.78 is 0.800. The highest BCUT2D eigenvalue weighted by Gasteiger charge is 2.14. The van der Waals surface area contributed by atoms with Crippen molar-refractivity contribution < 1.29 is 4.79 Å². The van der Waals surface area contributed by atoms with E-state index in [0.29, 0.717) is 11.7 Å². The molecular weight excluding hydrogens is 376 g/mol. The van der Waals surface area contributed by atoms with Gasteiger partial charge in [0.05, 0.1) is 11.8 Å². The molecule has 0 aliphatic rings. The van der Waals surface area contributed by atoms with E-state index >= 15 is 0 Å². The summed E-state index contributed by atoms with van der Waals surface area (Å²) in [5.41, 5.74) is 1.13. The highest BCUT2D eigenvalue weighted by molar-refractivity contribution is 8.01. The Morgan fingerprint density at radius 1 is 1.11 bits per heavy atom. The monoisotopic (exact) mass is 400 g/mol. The molecule has 3 aromatic rings. The van der Waals surface area contributed by atoms with Gasteiger partial charge >= 0.3 is 0 Å². The molecule has 0 fully saturated rings. The van der Waals surface area contributed by atoms with Crippen LogP contribution in [0.25, 0.3) is 10.8 Å². The average Bonchev–Trinajstić information content (AvgIpc) is 3.12. The number of fused-ring (bicyclic) bond motifs is 1. The van der Waals surface area contributed by atoms with Crippen LogP contribution in [0, 0.1) is 5.92 Å². The van der Waals surface area contributed by atoms with Crippen molar-refractivity contribution in [1.29, 1.82) is 0 Å². The molecule has 7 heteroatoms. The molecule has 0 aliphatic heterocycles. The Bertz CT molecular complexity index is 904. The van der Waals surface area contributed by atoms with Crippen LogP contribution in [0.4, 0.5) is 5.13 Å². The van der Waals surface area contributed by atoms with E-state index < -0.39 is 0 Å². The predicted octanol–water partition coefficient (Wildman–Crippen LogP) is 4.73. The second-order valence-corrected chi connectivity index (χ2v) is 8.99. The summed E-state index contributed by atoms with van der Waals surface area (Å²) in [5, 5.41) is 17.7. The van der Waals surface area contributed by atoms with E-state index in [4.69, 9.17) is 0 Å². The molecule has 1 amide bonds. The molecular formula is C20H24N4OS2. The Labute approximate surface area is 168 Å². The van der Waals surface area contributed by atoms with Gasteiger partial charge in [-0.2, -0.15) is 0 Å². The van der Waals surface area contributed by atoms with Crippen LogP contribution in [0.2, 0.25) is 0 Å². The fourth-order valence-electron chi connectivity index (χ4n) is 2.75. The number of thioether (sulfide) groups is 1. The summed E-state index contributed by atoms with van der Waals surface area (Å²) >= 11 is 2.90. The van der Waals surface area contributed by atoms with Gasteiger partial charge in [0.15, 0.2) is 4.34 Å². The van der Waals surface area contributed by atoms with Gasteiger partial charge in [0.25, 0.3) is 0 Å². The molecule has 142 valence electrons. The normalized spacial score (nSPS) is 12.3. The molecule has 0 spiro atoms. The van der Waals surface area contributed by atoms with Crippen LogP contribution in [-0.4, -0.2) is 28.4 Å². The minimum Gasteiger partial charge on any atom is -0.360 e. The lowest BCUT2D eigenvalue weighted by molar-refractivity contribution is -0.119. The van der Waals surface area contributed by atoms with Crippen LogP contribution >= 0.6 is 23.1 Å². The summed E-state index contributed by atoms with van der Waals surface area (Å²) in [5.74, 6) is 0.868. The standard InChI is InChI=1S/C20H24N4OS2/c1-13(2)11-21-19-23-24-20(27-19)26-12-18(25)22-14(3)16-10-6-8-15-7-4-5-9-17(15)16/h4-10,13-14H,11-12H2,1-3H3,(H,21,23)(H,22,25)/t14-/m0/s1. The Kier molecular flexibility index (Phi) is 6.68. The number of hydrogen-bond acceptors (Lipinski definition) is 6. The quantitative estimate of drug-likeness (QED) is 0.535. The van der Waals surface area contributed by atoms with Gasteiger partial charge < -0.3 is 10.6 Å². The van der Waals surface area contributed by atoms with Crippen LogP contribution in [0.3, 0.4) is 0 Å². The number of nitrogens with zero attached hydrogens (tertiary/aromatic N) is 2. The zero-order valence-electron chi connectivity index (χ0n) is 15.7. The van der Waals surface area contributed by atoms with Gasteiger partial charge in [0.2, 0.25) is 11.0 Å². The van der Waals surface area contributed by atoms with Gasteiger partial charge in [-0.3, -0.25) is 4.79 Å². The summed E-state index contributed by atoms with van der Waals surface area (Å²) in [7, 11) is 0. The first-order valence-electron chi connectivity index (χ1n) is 9.00. The van der Waals surface area contributed by atoms with Crippen molar-refractivity contribution in [3.63, 3.8) is 0 Å². The largest absolute Gasteiger partial charge is 0.360 e. The van der Waals surface area contributed by atoms with Crippen LogP contribution in [-0.2, 0) is 4.79 Å². The fourth-order valence-corrected chi connectivity index (χ4v) is 4.32. The number of anilines is 1. The van der Waals surface area contributed by atoms with E-state index in [9.17, 15) is 4.79 Å². The van der Waals surface area contributed by atoms with E-state index in [-0.39, 0.29) is 11.9 Å². The van der Waals surface area contributed by atoms with Crippen molar-refractivity contribution >= 4 is 44.9 Å². The van der Waals surface area contributed by atoms with Crippen LogP contribution in [0.15, 0.2) is 46.8 Å². The highest BCUT2D eigenvalue weighted by Crippen LogP contribution is 2.27. The number of benzene rings is 2. The van der Waals surface area contributed by atoms with Crippen LogP contribution in [0.5, 0.6) is 0 Å². The lowest BCUT2D eigenvalue weighted by atomic mass is 10.00. The number of amides is 1. The summed E-state index contributed by atoms with van der Waals surface area (Å²) in [6, 6.07) is 14.4. The van der Waals surface area contributed by atoms with Crippen molar-refractivity contribution in [2.75, 3.05) is 17.6 Å². The summed E-state index contributed by atoms with van der Waals surface area (Å²) in [4.78, 5) is 12.4. The van der Waals surface area contributed by atoms with Crippen molar-refractivity contribution in [2.45, 2.75) is 31.2 Å². The molecule has 0 bridgehead atoms. The highest BCUT2D eigenvalue weighted by atomic mass is 32.2. The number of aromatic nitrogens is 2. The molecule has 1 aromatic heterocycles. The maximum Gasteiger partial charge on any atom is 0.230 e. The first-order valence-corrected chi connectivity index (χ1v) is 10.8. The first kappa shape index (κ1) is 19.6. The zero-order valence-corrected chi connectivity index (χ0v) is 17.4. The van der Waals surface area contributed by atoms with Gasteiger partial charge in [0.1, 0.15) is 0 Å². The molecule has 1 heterocycles. The van der Waals surface area contributed by atoms with Crippen molar-refractivity contribution in [3.8, 4) is 0 Å². The van der Waals surface area contributed by atoms with E-state index in [1.165, 1.54) is 33.9 Å². The van der Waals surface area contributed by atoms with Gasteiger partial charge in [-0.25, -0.2) is 0 Å². The molecule has 0 aliphatic carbocycles. The summed E-state index contributed by atoms with van der Waals surface area (Å²) in [6.07, 6.45) is 0. The Morgan fingerprint density at radius 2 is 1.89 bits per heavy atom. The molecule has 5 nitrogen and oxygen atoms in total. The van der Waals surface area contributed by atoms with Gasteiger partial charge in [-0.1, -0.05) is 79.4 Å². The van der Waals surface area contributed by atoms with Gasteiger partial charge in [0, 0.05) is 6.54 Å². The average molecular weight is 401 g/mol. The SMILES string of the molecule is CC(C)CNc1nnc(SCC(=O)N[C@@H](C)c2cccc3ccccc23)s1. The molecule has 3 rings (SSSR count). The molecule has 0 saturated carbocycles. The lowest BCUT2D eigenvalue weighted by Crippen LogP contribution is -2.28. The number of hydrogen-bond donors (Lipinski definition) is 2. The van der Waals surface area contributed by atoms with E-state index in [2.05, 4.69) is 58.9 Å². The molecule has 27 heavy (non-hydrogen) atoms. The molecule has 1 atom stereocenters. The fraction of sp³-hybridized carbons (Fsp3) is 0.350. The second-order valence-electron chi connectivity index (χ2n) is 6.79. The van der Waals surface area contributed by atoms with Crippen molar-refractivity contribution in [1.82, 2.24) is 15.5 Å². The number of carbonyl (C=O) groups excluding carboxylic acids is 1. The van der Waals surface area contributed by atoms with E-state index in [1.54, 1.807) is 0 Å². The number of carbonyl (C=O) groups is 1. The molecule has 0 saturated heterocycles. The maximum absolute atomic E-state index is 12.4. The molecule has 0 unspecified atom stereocenters. The van der Waals surface area contributed by atoms with Gasteiger partial charge in [-0.15, -0.1) is 10.2 Å². The zero-order chi connectivity index (χ0) is 19.2. The first-order chi connectivity index (χ1) is 13.0. The third-order valence-corrected chi connectivity index (χ3v) is 6.08. The van der Waals surface area contributed by atoms with Gasteiger partial charge in [-0.05, 0) is 29.2 Å². The Morgan fingerprint density at radius 3 is 2.70 bits per heavy atom. The van der Waals surface area contributed by atoms with Crippen molar-refractivity contribution in [2.24, 2.45) is 5.92 Å². The molecule has 2 N–H and O–H groups in total. The maximum atomic E-state index is 12.4. The predicted molar refractivity (Wildman–Crippen MR) is 114 cm³/mol. The molecule has 0 radical (unpaired) electrons. The lowest BCUT2D eigenvalue weighted by Gasteiger charge is -2.16. The third kappa shape index (κ3) is 5.43. The van der Waals surface area contributed by atoms with E-state index in [1.807, 2.05) is 25.1 Å². The number of nitrogens with one attached hydrogen (secondary N) is 2. The number of rotatable bonds is 8. The Balaban J connectivity index is 1.54. The minimum atomic E-state index is -0.0538. The third-order valence-electron chi connectivity index (χ3n) is 4.06. The minimum absolute atomic E-state index is 0.00711. The smallest absolute Gasteiger partial charge is 0.230 e. The Hall–Kier alpha value is -2.12. The van der Waals surface area contributed by atoms with Crippen LogP contribution < -0.4 is 10.6 Å². The second kappa shape index (κ2) is 9.19. The van der Waals surface area contributed by atoms with Crippen LogP contribution in [0.1, 0.15) is 32.4 Å². The van der Waals surface area contributed by atoms with E-state index in [0.717, 1.165) is 21.6 Å².